The van der Waals surface area contributed by atoms with Crippen LogP contribution in [0.25, 0.3) is 10.2 Å². The van der Waals surface area contributed by atoms with Gasteiger partial charge in [-0.15, -0.1) is 0 Å². The van der Waals surface area contributed by atoms with Gasteiger partial charge in [-0.25, -0.2) is 0 Å². The van der Waals surface area contributed by atoms with Crippen LogP contribution in [-0.2, 0) is 11.3 Å². The van der Waals surface area contributed by atoms with Crippen molar-refractivity contribution < 1.29 is 28.5 Å². The van der Waals surface area contributed by atoms with E-state index in [1.165, 1.54) is 11.3 Å². The molecule has 1 aromatic heterocycles. The molecule has 0 saturated heterocycles. The fourth-order valence-corrected chi connectivity index (χ4v) is 4.59. The molecular weight excluding hydrogens is 456 g/mol. The molecule has 0 radical (unpaired) electrons. The molecule has 9 heteroatoms. The summed E-state index contributed by atoms with van der Waals surface area (Å²) in [7, 11) is 1.63. The summed E-state index contributed by atoms with van der Waals surface area (Å²) in [4.78, 5) is 18.4. The highest BCUT2D eigenvalue weighted by molar-refractivity contribution is 7.16. The fraction of sp³-hybridized carbons (Fsp3) is 0.440. The normalized spacial score (nSPS) is 11.6. The molecule has 0 N–H and O–H groups in total. The average molecular weight is 489 g/mol. The van der Waals surface area contributed by atoms with Gasteiger partial charge in [0.05, 0.1) is 38.2 Å². The molecule has 0 saturated carbocycles. The van der Waals surface area contributed by atoms with Crippen LogP contribution in [0.4, 0.5) is 0 Å². The molecule has 0 bridgehead atoms. The lowest BCUT2D eigenvalue weighted by Gasteiger charge is -2.16. The zero-order valence-electron chi connectivity index (χ0n) is 20.4. The smallest absolute Gasteiger partial charge is 0.279 e. The maximum absolute atomic E-state index is 13.3. The number of fused-ring (bicyclic) bond motifs is 1. The van der Waals surface area contributed by atoms with Crippen molar-refractivity contribution >= 4 is 27.5 Å². The molecule has 2 aromatic carbocycles. The zero-order chi connectivity index (χ0) is 24.5. The van der Waals surface area contributed by atoms with Crippen LogP contribution in [0, 0.1) is 0 Å². The van der Waals surface area contributed by atoms with Gasteiger partial charge in [0.2, 0.25) is 5.75 Å². The number of hydrogen-bond acceptors (Lipinski definition) is 7. The summed E-state index contributed by atoms with van der Waals surface area (Å²) >= 11 is 1.43. The van der Waals surface area contributed by atoms with Gasteiger partial charge in [-0.05, 0) is 52.0 Å². The van der Waals surface area contributed by atoms with Crippen molar-refractivity contribution in [1.82, 2.24) is 4.57 Å². The minimum absolute atomic E-state index is 0.358. The van der Waals surface area contributed by atoms with Crippen LogP contribution < -0.4 is 23.7 Å². The Balaban J connectivity index is 2.13. The van der Waals surface area contributed by atoms with Gasteiger partial charge in [0.15, 0.2) is 16.3 Å². The van der Waals surface area contributed by atoms with E-state index >= 15 is 0 Å². The molecule has 0 aliphatic carbocycles. The first kappa shape index (κ1) is 25.6. The molecule has 1 heterocycles. The SMILES string of the molecule is CCOCCn1c(=NC(=O)c2cc(OCC)c(OCC)c(OCC)c2)sc2cccc(OC)c21. The predicted octanol–water partition coefficient (Wildman–Crippen LogP) is 4.69. The summed E-state index contributed by atoms with van der Waals surface area (Å²) < 4.78 is 31.3. The molecule has 0 aliphatic heterocycles. The molecule has 0 spiro atoms. The van der Waals surface area contributed by atoms with Crippen LogP contribution in [0.15, 0.2) is 35.3 Å². The monoisotopic (exact) mass is 488 g/mol. The first-order valence-corrected chi connectivity index (χ1v) is 12.3. The standard InChI is InChI=1S/C25H32N2O6S/c1-6-30-14-13-27-22-18(29-5)11-10-12-21(22)34-25(27)26-24(28)17-15-19(31-7-2)23(33-9-4)20(16-17)32-8-3/h10-12,15-16H,6-9,13-14H2,1-5H3. The predicted molar refractivity (Wildman–Crippen MR) is 133 cm³/mol. The van der Waals surface area contributed by atoms with E-state index in [0.717, 1.165) is 16.0 Å². The Bertz CT molecular complexity index is 1160. The Morgan fingerprint density at radius 3 is 2.21 bits per heavy atom. The minimum atomic E-state index is -0.402. The van der Waals surface area contributed by atoms with Crippen LogP contribution in [0.1, 0.15) is 38.1 Å². The van der Waals surface area contributed by atoms with E-state index in [1.54, 1.807) is 19.2 Å². The Hall–Kier alpha value is -3.04. The highest BCUT2D eigenvalue weighted by Gasteiger charge is 2.19. The molecule has 8 nitrogen and oxygen atoms in total. The first-order valence-electron chi connectivity index (χ1n) is 11.5. The van der Waals surface area contributed by atoms with Crippen molar-refractivity contribution in [3.63, 3.8) is 0 Å². The maximum atomic E-state index is 13.3. The number of nitrogens with zero attached hydrogens (tertiary/aromatic N) is 2. The van der Waals surface area contributed by atoms with Crippen LogP contribution in [0.5, 0.6) is 23.0 Å². The van der Waals surface area contributed by atoms with Crippen molar-refractivity contribution in [1.29, 1.82) is 0 Å². The number of rotatable bonds is 12. The van der Waals surface area contributed by atoms with Crippen molar-refractivity contribution in [3.05, 3.63) is 40.7 Å². The number of para-hydroxylation sites is 1. The molecule has 3 aromatic rings. The Labute approximate surface area is 203 Å². The number of ether oxygens (including phenoxy) is 5. The number of amides is 1. The number of thiazole rings is 1. The fourth-order valence-electron chi connectivity index (χ4n) is 3.52. The van der Waals surface area contributed by atoms with Crippen LogP contribution in [-0.4, -0.2) is 50.6 Å². The van der Waals surface area contributed by atoms with Gasteiger partial charge in [-0.3, -0.25) is 4.79 Å². The topological polar surface area (TPSA) is 80.5 Å². The van der Waals surface area contributed by atoms with Gasteiger partial charge in [-0.2, -0.15) is 4.99 Å². The number of aromatic nitrogens is 1. The highest BCUT2D eigenvalue weighted by Crippen LogP contribution is 2.39. The maximum Gasteiger partial charge on any atom is 0.279 e. The van der Waals surface area contributed by atoms with Crippen molar-refractivity contribution in [2.24, 2.45) is 4.99 Å². The number of carbonyl (C=O) groups excluding carboxylic acids is 1. The second kappa shape index (κ2) is 12.4. The Morgan fingerprint density at radius 1 is 0.941 bits per heavy atom. The van der Waals surface area contributed by atoms with E-state index in [4.69, 9.17) is 23.7 Å². The first-order chi connectivity index (χ1) is 16.6. The summed E-state index contributed by atoms with van der Waals surface area (Å²) in [5.74, 6) is 1.71. The van der Waals surface area contributed by atoms with Crippen molar-refractivity contribution in [3.8, 4) is 23.0 Å². The van der Waals surface area contributed by atoms with Gasteiger partial charge >= 0.3 is 0 Å². The van der Waals surface area contributed by atoms with Crippen molar-refractivity contribution in [2.45, 2.75) is 34.2 Å². The summed E-state index contributed by atoms with van der Waals surface area (Å²) in [6.07, 6.45) is 0. The number of carbonyl (C=O) groups is 1. The quantitative estimate of drug-likeness (QED) is 0.344. The van der Waals surface area contributed by atoms with E-state index in [-0.39, 0.29) is 0 Å². The number of benzene rings is 2. The van der Waals surface area contributed by atoms with E-state index in [9.17, 15) is 4.79 Å². The minimum Gasteiger partial charge on any atom is -0.495 e. The molecule has 0 atom stereocenters. The van der Waals surface area contributed by atoms with Gasteiger partial charge in [0, 0.05) is 18.7 Å². The van der Waals surface area contributed by atoms with E-state index in [0.29, 0.717) is 67.2 Å². The summed E-state index contributed by atoms with van der Waals surface area (Å²) in [6, 6.07) is 9.11. The zero-order valence-corrected chi connectivity index (χ0v) is 21.2. The lowest BCUT2D eigenvalue weighted by Crippen LogP contribution is -2.20. The summed E-state index contributed by atoms with van der Waals surface area (Å²) in [5, 5.41) is 0. The second-order valence-electron chi connectivity index (χ2n) is 7.06. The highest BCUT2D eigenvalue weighted by atomic mass is 32.1. The van der Waals surface area contributed by atoms with Gasteiger partial charge in [0.25, 0.3) is 5.91 Å². The van der Waals surface area contributed by atoms with Gasteiger partial charge in [-0.1, -0.05) is 17.4 Å². The van der Waals surface area contributed by atoms with Crippen LogP contribution in [0.3, 0.4) is 0 Å². The summed E-state index contributed by atoms with van der Waals surface area (Å²) in [5.41, 5.74) is 1.24. The lowest BCUT2D eigenvalue weighted by molar-refractivity contribution is 0.0995. The van der Waals surface area contributed by atoms with E-state index < -0.39 is 5.91 Å². The molecular formula is C25H32N2O6S. The Morgan fingerprint density at radius 2 is 1.62 bits per heavy atom. The number of hydrogen-bond donors (Lipinski definition) is 0. The number of methoxy groups -OCH3 is 1. The van der Waals surface area contributed by atoms with Crippen molar-refractivity contribution in [2.75, 3.05) is 40.1 Å². The van der Waals surface area contributed by atoms with Gasteiger partial charge in [0.1, 0.15) is 11.3 Å². The molecule has 1 amide bonds. The molecule has 184 valence electrons. The summed E-state index contributed by atoms with van der Waals surface area (Å²) in [6.45, 7) is 10.5. The third-order valence-corrected chi connectivity index (χ3v) is 5.94. The molecule has 0 unspecified atom stereocenters. The molecule has 0 fully saturated rings. The molecule has 34 heavy (non-hydrogen) atoms. The van der Waals surface area contributed by atoms with E-state index in [2.05, 4.69) is 4.99 Å². The molecule has 3 rings (SSSR count). The second-order valence-corrected chi connectivity index (χ2v) is 8.07. The lowest BCUT2D eigenvalue weighted by atomic mass is 10.1. The Kier molecular flexibility index (Phi) is 9.35. The van der Waals surface area contributed by atoms with Crippen LogP contribution in [0.2, 0.25) is 0 Å². The van der Waals surface area contributed by atoms with E-state index in [1.807, 2.05) is 50.5 Å². The molecule has 0 aliphatic rings. The average Bonchev–Trinajstić information content (AvgIpc) is 3.18. The van der Waals surface area contributed by atoms with Crippen LogP contribution >= 0.6 is 11.3 Å². The third kappa shape index (κ3) is 5.71. The van der Waals surface area contributed by atoms with Gasteiger partial charge < -0.3 is 28.3 Å². The third-order valence-electron chi connectivity index (χ3n) is 4.90. The largest absolute Gasteiger partial charge is 0.495 e.